The van der Waals surface area contributed by atoms with Crippen LogP contribution in [0.25, 0.3) is 22.1 Å². The number of nitrogens with zero attached hydrogens (tertiary/aromatic N) is 5. The number of aliphatic hydroxyl groups excluding tert-OH is 2. The van der Waals surface area contributed by atoms with Crippen LogP contribution >= 0.6 is 23.2 Å². The van der Waals surface area contributed by atoms with Crippen LogP contribution in [0.1, 0.15) is 30.2 Å². The number of ether oxygens (including phenoxy) is 1. The highest BCUT2D eigenvalue weighted by Gasteiger charge is 2.48. The predicted octanol–water partition coefficient (Wildman–Crippen LogP) is 3.69. The minimum Gasteiger partial charge on any atom is -0.387 e. The van der Waals surface area contributed by atoms with Crippen molar-refractivity contribution in [3.05, 3.63) is 82.5 Å². The lowest BCUT2D eigenvalue weighted by Gasteiger charge is -2.16. The van der Waals surface area contributed by atoms with Crippen molar-refractivity contribution in [1.82, 2.24) is 29.4 Å². The molecule has 2 aromatic carbocycles. The number of halogens is 2. The lowest BCUT2D eigenvalue weighted by molar-refractivity contribution is -0.137. The molecule has 1 aliphatic carbocycles. The molecule has 3 aromatic heterocycles. The van der Waals surface area contributed by atoms with Gasteiger partial charge in [0.1, 0.15) is 18.5 Å². The van der Waals surface area contributed by atoms with E-state index in [1.54, 1.807) is 0 Å². The Balaban J connectivity index is 1.08. The maximum Gasteiger partial charge on any atom is 0.252 e. The molecule has 0 unspecified atom stereocenters. The van der Waals surface area contributed by atoms with Gasteiger partial charge in [0.15, 0.2) is 29.3 Å². The van der Waals surface area contributed by atoms with Crippen LogP contribution < -0.4 is 10.6 Å². The third kappa shape index (κ3) is 5.54. The summed E-state index contributed by atoms with van der Waals surface area (Å²) in [6, 6.07) is 13.8. The number of aromatic nitrogens is 5. The predicted molar refractivity (Wildman–Crippen MR) is 162 cm³/mol. The van der Waals surface area contributed by atoms with E-state index in [0.717, 1.165) is 34.9 Å². The molecule has 1 aliphatic heterocycles. The van der Waals surface area contributed by atoms with Crippen molar-refractivity contribution < 1.29 is 19.7 Å². The first-order valence-corrected chi connectivity index (χ1v) is 14.9. The van der Waals surface area contributed by atoms with E-state index in [9.17, 15) is 15.0 Å². The summed E-state index contributed by atoms with van der Waals surface area (Å²) < 4.78 is 9.54. The number of nitrogens with one attached hydrogen (secondary N) is 2. The Labute approximate surface area is 256 Å². The van der Waals surface area contributed by atoms with Crippen LogP contribution in [0.15, 0.2) is 61.3 Å². The molecular weight excluding hydrogens is 593 g/mol. The Morgan fingerprint density at radius 1 is 1.02 bits per heavy atom. The molecule has 4 atom stereocenters. The van der Waals surface area contributed by atoms with Crippen molar-refractivity contribution in [2.24, 2.45) is 0 Å². The van der Waals surface area contributed by atoms with Gasteiger partial charge in [0, 0.05) is 46.3 Å². The zero-order valence-corrected chi connectivity index (χ0v) is 24.4. The van der Waals surface area contributed by atoms with Crippen LogP contribution in [0, 0.1) is 0 Å². The van der Waals surface area contributed by atoms with Crippen LogP contribution in [0.5, 0.6) is 0 Å². The van der Waals surface area contributed by atoms with Crippen LogP contribution in [0.2, 0.25) is 10.0 Å². The molecule has 2 aliphatic rings. The van der Waals surface area contributed by atoms with E-state index in [2.05, 4.69) is 36.3 Å². The van der Waals surface area contributed by atoms with Crippen LogP contribution in [-0.2, 0) is 22.5 Å². The van der Waals surface area contributed by atoms with E-state index < -0.39 is 30.4 Å². The molecule has 43 heavy (non-hydrogen) atoms. The van der Waals surface area contributed by atoms with Gasteiger partial charge in [-0.2, -0.15) is 0 Å². The summed E-state index contributed by atoms with van der Waals surface area (Å²) >= 11 is 12.4. The monoisotopic (exact) mass is 621 g/mol. The SMILES string of the molecule is O=C(NC1CC1)[C@H]1O[C@@H](n2cnc3c(NCCc4cn(Cc5ccc(Cl)cc5)c5ccc(Cl)cc45)ncnc32)[C@H](O)[C@@H]1O. The number of hydrogen-bond donors (Lipinski definition) is 4. The standard InChI is InChI=1S/C30H29Cl2N7O4/c31-18-3-1-16(2-4-18)12-38-13-17(21-11-19(32)5-8-22(21)38)9-10-33-27-23-28(35-14-34-27)39(15-36-23)30-25(41)24(40)26(43-30)29(42)37-20-6-7-20/h1-5,8,11,13-15,20,24-26,30,40-41H,6-7,9-10,12H2,(H,37,42)(H,33,34,35)/t24-,25+,26-,30+/m0/s1. The molecule has 0 bridgehead atoms. The molecular formula is C30H29Cl2N7O4. The number of hydrogen-bond acceptors (Lipinski definition) is 8. The van der Waals surface area contributed by atoms with Crippen molar-refractivity contribution in [2.45, 2.75) is 56.4 Å². The molecule has 4 heterocycles. The fourth-order valence-corrected chi connectivity index (χ4v) is 5.86. The van der Waals surface area contributed by atoms with Gasteiger partial charge in [-0.3, -0.25) is 9.36 Å². The molecule has 1 saturated carbocycles. The number of anilines is 1. The number of imidazole rings is 1. The molecule has 2 fully saturated rings. The second kappa shape index (κ2) is 11.4. The Morgan fingerprint density at radius 3 is 2.60 bits per heavy atom. The Bertz CT molecular complexity index is 1800. The molecule has 4 N–H and O–H groups in total. The van der Waals surface area contributed by atoms with Crippen LogP contribution in [0.3, 0.4) is 0 Å². The second-order valence-electron chi connectivity index (χ2n) is 11.0. The number of rotatable bonds is 9. The smallest absolute Gasteiger partial charge is 0.252 e. The van der Waals surface area contributed by atoms with Crippen LogP contribution in [0.4, 0.5) is 5.82 Å². The summed E-state index contributed by atoms with van der Waals surface area (Å²) in [5.41, 5.74) is 4.23. The minimum absolute atomic E-state index is 0.104. The molecule has 1 saturated heterocycles. The summed E-state index contributed by atoms with van der Waals surface area (Å²) in [4.78, 5) is 25.7. The number of carbonyl (C=O) groups excluding carboxylic acids is 1. The van der Waals surface area contributed by atoms with E-state index in [0.29, 0.717) is 46.5 Å². The fourth-order valence-electron chi connectivity index (χ4n) is 5.56. The second-order valence-corrected chi connectivity index (χ2v) is 11.9. The lowest BCUT2D eigenvalue weighted by Crippen LogP contribution is -2.43. The van der Waals surface area contributed by atoms with Gasteiger partial charge in [0.05, 0.1) is 6.33 Å². The van der Waals surface area contributed by atoms with E-state index >= 15 is 0 Å². The average Bonchev–Trinajstić information content (AvgIpc) is 3.49. The number of aliphatic hydroxyl groups is 2. The first kappa shape index (κ1) is 28.1. The number of carbonyl (C=O) groups is 1. The van der Waals surface area contributed by atoms with Crippen LogP contribution in [-0.4, -0.2) is 71.1 Å². The Morgan fingerprint density at radius 2 is 1.81 bits per heavy atom. The zero-order chi connectivity index (χ0) is 29.7. The summed E-state index contributed by atoms with van der Waals surface area (Å²) in [6.45, 7) is 1.25. The van der Waals surface area contributed by atoms with Gasteiger partial charge in [0.25, 0.3) is 5.91 Å². The van der Waals surface area contributed by atoms with E-state index in [-0.39, 0.29) is 6.04 Å². The van der Waals surface area contributed by atoms with Crippen molar-refractivity contribution >= 4 is 57.0 Å². The summed E-state index contributed by atoms with van der Waals surface area (Å²) in [7, 11) is 0. The highest BCUT2D eigenvalue weighted by atomic mass is 35.5. The summed E-state index contributed by atoms with van der Waals surface area (Å²) in [6.07, 6.45) is 2.56. The quantitative estimate of drug-likeness (QED) is 0.195. The fraction of sp³-hybridized carbons (Fsp3) is 0.333. The molecule has 0 radical (unpaired) electrons. The van der Waals surface area contributed by atoms with Gasteiger partial charge in [-0.15, -0.1) is 0 Å². The summed E-state index contributed by atoms with van der Waals surface area (Å²) in [5, 5.41) is 29.9. The van der Waals surface area contributed by atoms with E-state index in [1.165, 1.54) is 17.2 Å². The van der Waals surface area contributed by atoms with Crippen molar-refractivity contribution in [3.8, 4) is 0 Å². The molecule has 11 nitrogen and oxygen atoms in total. The maximum atomic E-state index is 12.5. The first-order valence-electron chi connectivity index (χ1n) is 14.1. The molecule has 5 aromatic rings. The molecule has 1 amide bonds. The minimum atomic E-state index is -1.38. The Hall–Kier alpha value is -3.74. The van der Waals surface area contributed by atoms with Gasteiger partial charge in [0.2, 0.25) is 0 Å². The average molecular weight is 623 g/mol. The number of amides is 1. The highest BCUT2D eigenvalue weighted by Crippen LogP contribution is 2.33. The first-order chi connectivity index (χ1) is 20.9. The van der Waals surface area contributed by atoms with Crippen molar-refractivity contribution in [2.75, 3.05) is 11.9 Å². The maximum absolute atomic E-state index is 12.5. The molecule has 0 spiro atoms. The zero-order valence-electron chi connectivity index (χ0n) is 22.9. The van der Waals surface area contributed by atoms with Gasteiger partial charge in [-0.1, -0.05) is 35.3 Å². The van der Waals surface area contributed by atoms with Gasteiger partial charge >= 0.3 is 0 Å². The number of benzene rings is 2. The van der Waals surface area contributed by atoms with Gasteiger partial charge in [-0.25, -0.2) is 15.0 Å². The molecule has 13 heteroatoms. The van der Waals surface area contributed by atoms with E-state index in [1.807, 2.05) is 42.5 Å². The topological polar surface area (TPSA) is 139 Å². The van der Waals surface area contributed by atoms with Crippen molar-refractivity contribution in [3.63, 3.8) is 0 Å². The van der Waals surface area contributed by atoms with E-state index in [4.69, 9.17) is 27.9 Å². The van der Waals surface area contributed by atoms with Crippen molar-refractivity contribution in [1.29, 1.82) is 0 Å². The molecule has 222 valence electrons. The highest BCUT2D eigenvalue weighted by molar-refractivity contribution is 6.31. The normalized spacial score (nSPS) is 22.0. The Kier molecular flexibility index (Phi) is 7.44. The third-order valence-corrected chi connectivity index (χ3v) is 8.42. The number of fused-ring (bicyclic) bond motifs is 2. The van der Waals surface area contributed by atoms with Gasteiger partial charge in [-0.05, 0) is 60.7 Å². The molecule has 7 rings (SSSR count). The lowest BCUT2D eigenvalue weighted by atomic mass is 10.1. The summed E-state index contributed by atoms with van der Waals surface area (Å²) in [5.74, 6) is 0.0801. The largest absolute Gasteiger partial charge is 0.387 e. The van der Waals surface area contributed by atoms with Gasteiger partial charge < -0.3 is 30.2 Å². The third-order valence-electron chi connectivity index (χ3n) is 7.93.